The van der Waals surface area contributed by atoms with Gasteiger partial charge in [-0.25, -0.2) is 0 Å². The van der Waals surface area contributed by atoms with Gasteiger partial charge < -0.3 is 10.2 Å². The summed E-state index contributed by atoms with van der Waals surface area (Å²) in [5, 5.41) is 7.08. The average molecular weight is 326 g/mol. The lowest BCUT2D eigenvalue weighted by Gasteiger charge is -2.18. The molecular weight excluding hydrogens is 304 g/mol. The van der Waals surface area contributed by atoms with Crippen molar-refractivity contribution in [2.75, 3.05) is 18.4 Å². The largest absolute Gasteiger partial charge is 0.337 e. The minimum atomic E-state index is -0.215. The molecule has 1 saturated heterocycles. The normalized spacial score (nSPS) is 15.0. The second-order valence-electron chi connectivity index (χ2n) is 6.06. The van der Waals surface area contributed by atoms with Gasteiger partial charge in [0.2, 0.25) is 0 Å². The lowest BCUT2D eigenvalue weighted by molar-refractivity contribution is 0.0754. The van der Waals surface area contributed by atoms with Crippen LogP contribution in [-0.4, -0.2) is 39.6 Å². The van der Waals surface area contributed by atoms with Gasteiger partial charge in [0.05, 0.1) is 0 Å². The SMILES string of the molecule is Cn1nc(C(=O)N2CCCCCC2)cc1NC(=O)c1ccccc1. The molecule has 0 aliphatic carbocycles. The van der Waals surface area contributed by atoms with Crippen LogP contribution in [0, 0.1) is 0 Å². The van der Waals surface area contributed by atoms with E-state index in [-0.39, 0.29) is 11.8 Å². The van der Waals surface area contributed by atoms with Gasteiger partial charge >= 0.3 is 0 Å². The highest BCUT2D eigenvalue weighted by Gasteiger charge is 2.21. The van der Waals surface area contributed by atoms with Crippen LogP contribution in [0.1, 0.15) is 46.5 Å². The molecular formula is C18H22N4O2. The molecule has 1 aliphatic rings. The number of amides is 2. The highest BCUT2D eigenvalue weighted by Crippen LogP contribution is 2.16. The van der Waals surface area contributed by atoms with Gasteiger partial charge in [0.25, 0.3) is 11.8 Å². The molecule has 2 aromatic rings. The molecule has 1 fully saturated rings. The minimum absolute atomic E-state index is 0.0623. The topological polar surface area (TPSA) is 67.2 Å². The quantitative estimate of drug-likeness (QED) is 0.943. The number of nitrogens with zero attached hydrogens (tertiary/aromatic N) is 3. The van der Waals surface area contributed by atoms with Crippen molar-refractivity contribution in [1.29, 1.82) is 0 Å². The van der Waals surface area contributed by atoms with E-state index in [9.17, 15) is 9.59 Å². The Labute approximate surface area is 141 Å². The van der Waals surface area contributed by atoms with Gasteiger partial charge in [-0.05, 0) is 25.0 Å². The van der Waals surface area contributed by atoms with Crippen LogP contribution < -0.4 is 5.32 Å². The lowest BCUT2D eigenvalue weighted by atomic mass is 10.2. The van der Waals surface area contributed by atoms with Crippen LogP contribution in [0.5, 0.6) is 0 Å². The zero-order valence-corrected chi connectivity index (χ0v) is 13.9. The van der Waals surface area contributed by atoms with E-state index in [4.69, 9.17) is 0 Å². The molecule has 1 aromatic carbocycles. The fraction of sp³-hybridized carbons (Fsp3) is 0.389. The molecule has 0 spiro atoms. The third-order valence-electron chi connectivity index (χ3n) is 4.27. The highest BCUT2D eigenvalue weighted by molar-refractivity contribution is 6.04. The first-order chi connectivity index (χ1) is 11.6. The Morgan fingerprint density at radius 1 is 1.04 bits per heavy atom. The van der Waals surface area contributed by atoms with Crippen LogP contribution >= 0.6 is 0 Å². The van der Waals surface area contributed by atoms with E-state index in [1.54, 1.807) is 25.2 Å². The summed E-state index contributed by atoms with van der Waals surface area (Å²) in [6.07, 6.45) is 4.42. The van der Waals surface area contributed by atoms with Crippen LogP contribution in [0.15, 0.2) is 36.4 Å². The number of carbonyl (C=O) groups is 2. The number of aromatic nitrogens is 2. The summed E-state index contributed by atoms with van der Waals surface area (Å²) in [5.41, 5.74) is 0.946. The van der Waals surface area contributed by atoms with Gasteiger partial charge in [0.1, 0.15) is 5.82 Å². The molecule has 1 aromatic heterocycles. The van der Waals surface area contributed by atoms with Crippen LogP contribution in [-0.2, 0) is 7.05 Å². The van der Waals surface area contributed by atoms with E-state index in [1.165, 1.54) is 17.5 Å². The Balaban J connectivity index is 1.72. The van der Waals surface area contributed by atoms with E-state index in [0.29, 0.717) is 17.1 Å². The second kappa shape index (κ2) is 7.29. The van der Waals surface area contributed by atoms with Crippen molar-refractivity contribution in [3.63, 3.8) is 0 Å². The monoisotopic (exact) mass is 326 g/mol. The van der Waals surface area contributed by atoms with Crippen molar-refractivity contribution in [3.05, 3.63) is 47.7 Å². The molecule has 24 heavy (non-hydrogen) atoms. The number of anilines is 1. The Morgan fingerprint density at radius 3 is 2.38 bits per heavy atom. The number of hydrogen-bond donors (Lipinski definition) is 1. The maximum Gasteiger partial charge on any atom is 0.274 e. The standard InChI is InChI=1S/C18H22N4O2/c1-21-16(19-17(23)14-9-5-4-6-10-14)13-15(20-21)18(24)22-11-7-2-3-8-12-22/h4-6,9-10,13H,2-3,7-8,11-12H2,1H3,(H,19,23). The molecule has 0 bridgehead atoms. The first kappa shape index (κ1) is 16.2. The summed E-state index contributed by atoms with van der Waals surface area (Å²) in [4.78, 5) is 26.7. The Kier molecular flexibility index (Phi) is 4.93. The van der Waals surface area contributed by atoms with Crippen molar-refractivity contribution in [1.82, 2.24) is 14.7 Å². The number of benzene rings is 1. The Bertz CT molecular complexity index is 716. The fourth-order valence-corrected chi connectivity index (χ4v) is 2.90. The van der Waals surface area contributed by atoms with Crippen molar-refractivity contribution < 1.29 is 9.59 Å². The zero-order chi connectivity index (χ0) is 16.9. The highest BCUT2D eigenvalue weighted by atomic mass is 16.2. The van der Waals surface area contributed by atoms with Crippen LogP contribution in [0.3, 0.4) is 0 Å². The summed E-state index contributed by atoms with van der Waals surface area (Å²) in [6.45, 7) is 1.56. The van der Waals surface area contributed by atoms with Crippen molar-refractivity contribution in [3.8, 4) is 0 Å². The maximum atomic E-state index is 12.6. The van der Waals surface area contributed by atoms with Crippen molar-refractivity contribution in [2.45, 2.75) is 25.7 Å². The average Bonchev–Trinajstić information content (AvgIpc) is 2.80. The first-order valence-corrected chi connectivity index (χ1v) is 8.35. The zero-order valence-electron chi connectivity index (χ0n) is 13.9. The molecule has 3 rings (SSSR count). The number of likely N-dealkylation sites (tertiary alicyclic amines) is 1. The van der Waals surface area contributed by atoms with Crippen LogP contribution in [0.2, 0.25) is 0 Å². The summed E-state index contributed by atoms with van der Waals surface area (Å²) < 4.78 is 1.53. The van der Waals surface area contributed by atoms with E-state index in [2.05, 4.69) is 10.4 Å². The fourth-order valence-electron chi connectivity index (χ4n) is 2.90. The van der Waals surface area contributed by atoms with E-state index >= 15 is 0 Å². The van der Waals surface area contributed by atoms with Gasteiger partial charge in [-0.3, -0.25) is 14.3 Å². The van der Waals surface area contributed by atoms with Gasteiger partial charge in [0.15, 0.2) is 5.69 Å². The number of carbonyl (C=O) groups excluding carboxylic acids is 2. The smallest absolute Gasteiger partial charge is 0.274 e. The van der Waals surface area contributed by atoms with Gasteiger partial charge in [-0.15, -0.1) is 0 Å². The summed E-state index contributed by atoms with van der Waals surface area (Å²) in [7, 11) is 1.72. The Morgan fingerprint density at radius 2 is 1.71 bits per heavy atom. The first-order valence-electron chi connectivity index (χ1n) is 8.35. The third kappa shape index (κ3) is 3.64. The number of rotatable bonds is 3. The lowest BCUT2D eigenvalue weighted by Crippen LogP contribution is -2.32. The van der Waals surface area contributed by atoms with Gasteiger partial charge in [-0.1, -0.05) is 31.0 Å². The number of aryl methyl sites for hydroxylation is 1. The van der Waals surface area contributed by atoms with Gasteiger partial charge in [-0.2, -0.15) is 5.10 Å². The maximum absolute atomic E-state index is 12.6. The summed E-state index contributed by atoms with van der Waals surface area (Å²) in [6, 6.07) is 10.6. The van der Waals surface area contributed by atoms with E-state index < -0.39 is 0 Å². The third-order valence-corrected chi connectivity index (χ3v) is 4.27. The molecule has 126 valence electrons. The van der Waals surface area contributed by atoms with E-state index in [1.807, 2.05) is 23.1 Å². The molecule has 0 atom stereocenters. The van der Waals surface area contributed by atoms with Crippen molar-refractivity contribution >= 4 is 17.6 Å². The molecule has 0 saturated carbocycles. The molecule has 1 aliphatic heterocycles. The number of nitrogens with one attached hydrogen (secondary N) is 1. The Hall–Kier alpha value is -2.63. The van der Waals surface area contributed by atoms with Crippen LogP contribution in [0.4, 0.5) is 5.82 Å². The molecule has 2 amide bonds. The van der Waals surface area contributed by atoms with Crippen LogP contribution in [0.25, 0.3) is 0 Å². The predicted octanol–water partition coefficient (Wildman–Crippen LogP) is 2.69. The molecule has 2 heterocycles. The van der Waals surface area contributed by atoms with Crippen molar-refractivity contribution in [2.24, 2.45) is 7.05 Å². The molecule has 0 unspecified atom stereocenters. The summed E-state index contributed by atoms with van der Waals surface area (Å²) >= 11 is 0. The minimum Gasteiger partial charge on any atom is -0.337 e. The molecule has 0 radical (unpaired) electrons. The summed E-state index contributed by atoms with van der Waals surface area (Å²) in [5.74, 6) is 0.238. The molecule has 6 nitrogen and oxygen atoms in total. The second-order valence-corrected chi connectivity index (χ2v) is 6.06. The van der Waals surface area contributed by atoms with Gasteiger partial charge in [0, 0.05) is 31.8 Å². The molecule has 1 N–H and O–H groups in total. The van der Waals surface area contributed by atoms with E-state index in [0.717, 1.165) is 25.9 Å². The predicted molar refractivity (Wildman–Crippen MR) is 92.0 cm³/mol. The molecule has 6 heteroatoms. The number of hydrogen-bond acceptors (Lipinski definition) is 3.